The number of anilines is 1. The van der Waals surface area contributed by atoms with Crippen LogP contribution in [0.4, 0.5) is 5.82 Å². The summed E-state index contributed by atoms with van der Waals surface area (Å²) < 4.78 is 1.82. The molecule has 1 aromatic heterocycles. The second-order valence-electron chi connectivity index (χ2n) is 10.5. The summed E-state index contributed by atoms with van der Waals surface area (Å²) in [5.74, 6) is 0.498. The van der Waals surface area contributed by atoms with Crippen molar-refractivity contribution in [1.82, 2.24) is 14.7 Å². The van der Waals surface area contributed by atoms with Gasteiger partial charge in [0.1, 0.15) is 5.82 Å². The van der Waals surface area contributed by atoms with Crippen LogP contribution in [0.1, 0.15) is 89.3 Å². The zero-order valence-corrected chi connectivity index (χ0v) is 24.3. The van der Waals surface area contributed by atoms with Crippen molar-refractivity contribution >= 4 is 17.6 Å². The van der Waals surface area contributed by atoms with E-state index in [-0.39, 0.29) is 18.4 Å². The van der Waals surface area contributed by atoms with E-state index in [0.717, 1.165) is 53.8 Å². The maximum atomic E-state index is 13.5. The van der Waals surface area contributed by atoms with Crippen LogP contribution in [0.3, 0.4) is 0 Å². The van der Waals surface area contributed by atoms with Crippen molar-refractivity contribution in [3.8, 4) is 16.8 Å². The molecular formula is C33H46N4O2. The molecule has 0 bridgehead atoms. The van der Waals surface area contributed by atoms with E-state index in [1.165, 1.54) is 32.1 Å². The summed E-state index contributed by atoms with van der Waals surface area (Å²) >= 11 is 0. The first-order valence-corrected chi connectivity index (χ1v) is 14.7. The Bertz CT molecular complexity index is 1190. The van der Waals surface area contributed by atoms with Gasteiger partial charge in [-0.15, -0.1) is 0 Å². The Labute approximate surface area is 234 Å². The van der Waals surface area contributed by atoms with Gasteiger partial charge in [-0.25, -0.2) is 4.68 Å². The highest BCUT2D eigenvalue weighted by Crippen LogP contribution is 2.34. The zero-order valence-electron chi connectivity index (χ0n) is 24.3. The summed E-state index contributed by atoms with van der Waals surface area (Å²) in [4.78, 5) is 28.3. The highest BCUT2D eigenvalue weighted by atomic mass is 16.2. The lowest BCUT2D eigenvalue weighted by molar-refractivity contribution is -0.134. The average molecular weight is 531 g/mol. The van der Waals surface area contributed by atoms with E-state index in [1.807, 2.05) is 73.1 Å². The van der Waals surface area contributed by atoms with Gasteiger partial charge in [0.25, 0.3) is 0 Å². The molecule has 0 unspecified atom stereocenters. The summed E-state index contributed by atoms with van der Waals surface area (Å²) in [5, 5.41) is 7.98. The van der Waals surface area contributed by atoms with Crippen LogP contribution in [0.5, 0.6) is 0 Å². The van der Waals surface area contributed by atoms with Crippen LogP contribution >= 0.6 is 0 Å². The number of unbranched alkanes of at least 4 members (excludes halogenated alkanes) is 7. The fourth-order valence-electron chi connectivity index (χ4n) is 4.95. The molecule has 1 heterocycles. The Hall–Kier alpha value is -3.41. The smallest absolute Gasteiger partial charge is 0.245 e. The Morgan fingerprint density at radius 2 is 1.46 bits per heavy atom. The minimum Gasteiger partial charge on any atom is -0.333 e. The number of hydrogen-bond donors (Lipinski definition) is 1. The molecule has 6 nitrogen and oxygen atoms in total. The Morgan fingerprint density at radius 1 is 0.821 bits per heavy atom. The van der Waals surface area contributed by atoms with Crippen LogP contribution < -0.4 is 5.32 Å². The molecule has 0 saturated heterocycles. The van der Waals surface area contributed by atoms with Gasteiger partial charge in [0.2, 0.25) is 11.8 Å². The summed E-state index contributed by atoms with van der Waals surface area (Å²) in [6.45, 7) is 8.97. The summed E-state index contributed by atoms with van der Waals surface area (Å²) in [6.07, 6.45) is 10.5. The number of nitrogens with zero attached hydrogens (tertiary/aromatic N) is 3. The van der Waals surface area contributed by atoms with Crippen LogP contribution in [-0.4, -0.2) is 39.6 Å². The number of rotatable bonds is 16. The van der Waals surface area contributed by atoms with Crippen LogP contribution in [-0.2, 0) is 9.59 Å². The third-order valence-electron chi connectivity index (χ3n) is 7.19. The van der Waals surface area contributed by atoms with Crippen molar-refractivity contribution in [3.05, 3.63) is 65.9 Å². The number of hydrogen-bond acceptors (Lipinski definition) is 3. The quantitative estimate of drug-likeness (QED) is 0.192. The minimum atomic E-state index is -0.203. The fraction of sp³-hybridized carbons (Fsp3) is 0.485. The van der Waals surface area contributed by atoms with E-state index in [4.69, 9.17) is 5.10 Å². The Kier molecular flexibility index (Phi) is 12.3. The molecule has 0 spiro atoms. The summed E-state index contributed by atoms with van der Waals surface area (Å²) in [5.41, 5.74) is 4.68. The van der Waals surface area contributed by atoms with E-state index in [2.05, 4.69) is 19.2 Å². The lowest BCUT2D eigenvalue weighted by Gasteiger charge is -2.22. The largest absolute Gasteiger partial charge is 0.333 e. The lowest BCUT2D eigenvalue weighted by Crippen LogP contribution is -2.38. The molecule has 0 aliphatic carbocycles. The van der Waals surface area contributed by atoms with Crippen molar-refractivity contribution in [2.24, 2.45) is 0 Å². The molecule has 2 amide bonds. The van der Waals surface area contributed by atoms with E-state index in [9.17, 15) is 9.59 Å². The van der Waals surface area contributed by atoms with Gasteiger partial charge in [0, 0.05) is 18.5 Å². The maximum Gasteiger partial charge on any atom is 0.245 e. The first kappa shape index (κ1) is 30.1. The third-order valence-corrected chi connectivity index (χ3v) is 7.19. The van der Waals surface area contributed by atoms with Crippen LogP contribution in [0, 0.1) is 13.8 Å². The molecule has 0 aliphatic heterocycles. The molecule has 3 aromatic rings. The van der Waals surface area contributed by atoms with E-state index < -0.39 is 0 Å². The second-order valence-corrected chi connectivity index (χ2v) is 10.5. The average Bonchev–Trinajstić information content (AvgIpc) is 3.25. The van der Waals surface area contributed by atoms with Gasteiger partial charge < -0.3 is 10.2 Å². The molecule has 0 atom stereocenters. The number of nitrogens with one attached hydrogen (secondary N) is 1. The SMILES string of the molecule is CCCCCCCCCC(=O)N(CCCC)CC(=O)Nc1c(-c2ccccc2)c(C)nn1-c1ccccc1C. The maximum absolute atomic E-state index is 13.5. The van der Waals surface area contributed by atoms with Crippen LogP contribution in [0.25, 0.3) is 16.8 Å². The Morgan fingerprint density at radius 3 is 2.15 bits per heavy atom. The molecule has 210 valence electrons. The van der Waals surface area contributed by atoms with Gasteiger partial charge in [-0.3, -0.25) is 9.59 Å². The second kappa shape index (κ2) is 15.9. The highest BCUT2D eigenvalue weighted by Gasteiger charge is 2.23. The molecular weight excluding hydrogens is 484 g/mol. The number of carbonyl (C=O) groups excluding carboxylic acids is 2. The normalized spacial score (nSPS) is 11.0. The van der Waals surface area contributed by atoms with Gasteiger partial charge in [0.05, 0.1) is 17.9 Å². The van der Waals surface area contributed by atoms with Crippen molar-refractivity contribution in [1.29, 1.82) is 0 Å². The van der Waals surface area contributed by atoms with Crippen molar-refractivity contribution in [2.45, 2.75) is 91.9 Å². The number of aromatic nitrogens is 2. The topological polar surface area (TPSA) is 67.2 Å². The zero-order chi connectivity index (χ0) is 28.0. The van der Waals surface area contributed by atoms with Crippen LogP contribution in [0.2, 0.25) is 0 Å². The summed E-state index contributed by atoms with van der Waals surface area (Å²) in [7, 11) is 0. The van der Waals surface area contributed by atoms with Crippen molar-refractivity contribution in [3.63, 3.8) is 0 Å². The number of carbonyl (C=O) groups is 2. The predicted octanol–water partition coefficient (Wildman–Crippen LogP) is 7.86. The molecule has 0 aliphatic rings. The van der Waals surface area contributed by atoms with E-state index >= 15 is 0 Å². The van der Waals surface area contributed by atoms with E-state index in [0.29, 0.717) is 18.8 Å². The van der Waals surface area contributed by atoms with Crippen LogP contribution in [0.15, 0.2) is 54.6 Å². The number of para-hydroxylation sites is 1. The van der Waals surface area contributed by atoms with Gasteiger partial charge in [0.15, 0.2) is 0 Å². The first-order valence-electron chi connectivity index (χ1n) is 14.7. The van der Waals surface area contributed by atoms with Gasteiger partial charge >= 0.3 is 0 Å². The summed E-state index contributed by atoms with van der Waals surface area (Å²) in [6, 6.07) is 18.0. The molecule has 1 N–H and O–H groups in total. The minimum absolute atomic E-state index is 0.0432. The number of amides is 2. The van der Waals surface area contributed by atoms with Gasteiger partial charge in [-0.05, 0) is 43.9 Å². The molecule has 0 radical (unpaired) electrons. The number of aryl methyl sites for hydroxylation is 2. The molecule has 3 rings (SSSR count). The lowest BCUT2D eigenvalue weighted by atomic mass is 10.1. The van der Waals surface area contributed by atoms with Gasteiger partial charge in [-0.1, -0.05) is 107 Å². The highest BCUT2D eigenvalue weighted by molar-refractivity contribution is 5.98. The molecule has 2 aromatic carbocycles. The van der Waals surface area contributed by atoms with Crippen molar-refractivity contribution in [2.75, 3.05) is 18.4 Å². The molecule has 0 fully saturated rings. The Balaban J connectivity index is 1.77. The third kappa shape index (κ3) is 8.81. The standard InChI is InChI=1S/C33H46N4O2/c1-5-7-9-10-11-12-16-23-31(39)36(24-8-6-2)25-30(38)34-33-32(28-20-14-13-15-21-28)27(4)35-37(33)29-22-18-17-19-26(29)3/h13-15,17-22H,5-12,16,23-25H2,1-4H3,(H,34,38). The molecule has 6 heteroatoms. The predicted molar refractivity (Wildman–Crippen MR) is 161 cm³/mol. The van der Waals surface area contributed by atoms with Crippen molar-refractivity contribution < 1.29 is 9.59 Å². The monoisotopic (exact) mass is 530 g/mol. The number of benzene rings is 2. The molecule has 39 heavy (non-hydrogen) atoms. The fourth-order valence-corrected chi connectivity index (χ4v) is 4.95. The first-order chi connectivity index (χ1) is 19.0. The van der Waals surface area contributed by atoms with Gasteiger partial charge in [-0.2, -0.15) is 5.10 Å². The molecule has 0 saturated carbocycles. The van der Waals surface area contributed by atoms with E-state index in [1.54, 1.807) is 4.90 Å².